The molecular formula is C24H30O4. The van der Waals surface area contributed by atoms with Crippen molar-refractivity contribution >= 4 is 12.8 Å². The van der Waals surface area contributed by atoms with E-state index in [2.05, 4.69) is 6.92 Å². The molecule has 0 heterocycles. The standard InChI is InChI=1S/C24H30O4/c1-24-9-8-18-19(7-6-16-11-21(27)17(12-25)10-20(16)18)22(24)14-2-4-15(5-3-14)23(24)28-13-26/h10-15,18-19,22-23,27H,2-9H2,1H3. The zero-order valence-corrected chi connectivity index (χ0v) is 16.6. The van der Waals surface area contributed by atoms with Crippen LogP contribution in [0.1, 0.15) is 79.3 Å². The van der Waals surface area contributed by atoms with Gasteiger partial charge < -0.3 is 9.84 Å². The van der Waals surface area contributed by atoms with Gasteiger partial charge in [0.15, 0.2) is 6.29 Å². The molecule has 0 amide bonds. The number of ether oxygens (including phenoxy) is 1. The van der Waals surface area contributed by atoms with Crippen LogP contribution in [0, 0.1) is 29.1 Å². The molecule has 0 aliphatic heterocycles. The predicted octanol–water partition coefficient (Wildman–Crippen LogP) is 4.63. The molecule has 6 rings (SSSR count). The molecule has 150 valence electrons. The summed E-state index contributed by atoms with van der Waals surface area (Å²) in [5.74, 6) is 2.96. The van der Waals surface area contributed by atoms with E-state index in [4.69, 9.17) is 4.74 Å². The van der Waals surface area contributed by atoms with Gasteiger partial charge in [-0.1, -0.05) is 6.92 Å². The van der Waals surface area contributed by atoms with Crippen LogP contribution >= 0.6 is 0 Å². The van der Waals surface area contributed by atoms with E-state index >= 15 is 0 Å². The zero-order chi connectivity index (χ0) is 19.5. The normalized spacial score (nSPS) is 41.2. The van der Waals surface area contributed by atoms with Gasteiger partial charge >= 0.3 is 0 Å². The van der Waals surface area contributed by atoms with Crippen LogP contribution in [0.25, 0.3) is 0 Å². The Morgan fingerprint density at radius 1 is 1.07 bits per heavy atom. The highest BCUT2D eigenvalue weighted by Gasteiger charge is 2.59. The van der Waals surface area contributed by atoms with Crippen LogP contribution < -0.4 is 0 Å². The van der Waals surface area contributed by atoms with E-state index < -0.39 is 0 Å². The van der Waals surface area contributed by atoms with Crippen molar-refractivity contribution in [2.45, 2.75) is 70.3 Å². The number of aldehydes is 1. The molecule has 0 saturated heterocycles. The number of carbonyl (C=O) groups is 2. The summed E-state index contributed by atoms with van der Waals surface area (Å²) in [6.07, 6.45) is 9.95. The summed E-state index contributed by atoms with van der Waals surface area (Å²) < 4.78 is 5.81. The molecule has 4 saturated carbocycles. The molecule has 0 spiro atoms. The Bertz CT molecular complexity index is 794. The first-order valence-corrected chi connectivity index (χ1v) is 11.0. The molecule has 4 nitrogen and oxygen atoms in total. The summed E-state index contributed by atoms with van der Waals surface area (Å²) in [5, 5.41) is 10.1. The van der Waals surface area contributed by atoms with Crippen molar-refractivity contribution in [1.82, 2.24) is 0 Å². The summed E-state index contributed by atoms with van der Waals surface area (Å²) in [4.78, 5) is 22.8. The maximum atomic E-state index is 11.4. The average molecular weight is 383 g/mol. The van der Waals surface area contributed by atoms with Gasteiger partial charge in [-0.25, -0.2) is 0 Å². The molecule has 5 atom stereocenters. The molecule has 2 bridgehead atoms. The third-order valence-electron chi connectivity index (χ3n) is 8.90. The maximum Gasteiger partial charge on any atom is 0.293 e. The molecular weight excluding hydrogens is 352 g/mol. The van der Waals surface area contributed by atoms with Crippen LogP contribution in [0.2, 0.25) is 0 Å². The van der Waals surface area contributed by atoms with Crippen molar-refractivity contribution in [2.75, 3.05) is 0 Å². The first-order valence-electron chi connectivity index (χ1n) is 11.0. The number of phenolic OH excluding ortho intramolecular Hbond substituents is 1. The van der Waals surface area contributed by atoms with Gasteiger partial charge in [-0.2, -0.15) is 0 Å². The fraction of sp³-hybridized carbons (Fsp3) is 0.667. The number of hydrogen-bond acceptors (Lipinski definition) is 4. The van der Waals surface area contributed by atoms with Gasteiger partial charge in [-0.05, 0) is 104 Å². The van der Waals surface area contributed by atoms with Crippen molar-refractivity contribution < 1.29 is 19.4 Å². The van der Waals surface area contributed by atoms with E-state index in [1.807, 2.05) is 12.1 Å². The molecule has 4 fully saturated rings. The topological polar surface area (TPSA) is 63.6 Å². The highest BCUT2D eigenvalue weighted by Crippen LogP contribution is 2.64. The molecule has 5 aliphatic rings. The summed E-state index contributed by atoms with van der Waals surface area (Å²) >= 11 is 0. The Balaban J connectivity index is 1.57. The third-order valence-corrected chi connectivity index (χ3v) is 8.90. The van der Waals surface area contributed by atoms with Crippen LogP contribution in [0.5, 0.6) is 5.75 Å². The number of hydrogen-bond donors (Lipinski definition) is 1. The van der Waals surface area contributed by atoms with Crippen molar-refractivity contribution in [3.05, 3.63) is 28.8 Å². The lowest BCUT2D eigenvalue weighted by Crippen LogP contribution is -2.51. The molecule has 5 unspecified atom stereocenters. The quantitative estimate of drug-likeness (QED) is 0.774. The summed E-state index contributed by atoms with van der Waals surface area (Å²) in [5.41, 5.74) is 2.97. The van der Waals surface area contributed by atoms with Crippen LogP contribution in [0.15, 0.2) is 12.1 Å². The minimum absolute atomic E-state index is 0.0511. The number of fused-ring (bicyclic) bond motifs is 5. The number of aryl methyl sites for hydroxylation is 1. The van der Waals surface area contributed by atoms with E-state index in [-0.39, 0.29) is 17.3 Å². The largest absolute Gasteiger partial charge is 0.507 e. The summed E-state index contributed by atoms with van der Waals surface area (Å²) in [7, 11) is 0. The van der Waals surface area contributed by atoms with Gasteiger partial charge in [0.2, 0.25) is 0 Å². The van der Waals surface area contributed by atoms with E-state index in [0.717, 1.165) is 37.9 Å². The maximum absolute atomic E-state index is 11.4. The van der Waals surface area contributed by atoms with Crippen LogP contribution in [-0.2, 0) is 16.0 Å². The Labute approximate surface area is 166 Å². The molecule has 0 radical (unpaired) electrons. The van der Waals surface area contributed by atoms with Gasteiger partial charge in [0.25, 0.3) is 6.47 Å². The Morgan fingerprint density at radius 2 is 1.82 bits per heavy atom. The van der Waals surface area contributed by atoms with E-state index in [9.17, 15) is 14.7 Å². The van der Waals surface area contributed by atoms with Gasteiger partial charge in [0.1, 0.15) is 11.9 Å². The van der Waals surface area contributed by atoms with Crippen LogP contribution in [0.3, 0.4) is 0 Å². The summed E-state index contributed by atoms with van der Waals surface area (Å²) in [6.45, 7) is 3.08. The number of carbonyl (C=O) groups excluding carboxylic acids is 2. The number of rotatable bonds is 3. The predicted molar refractivity (Wildman–Crippen MR) is 105 cm³/mol. The average Bonchev–Trinajstić information content (AvgIpc) is 2.89. The van der Waals surface area contributed by atoms with E-state index in [0.29, 0.717) is 35.7 Å². The molecule has 1 N–H and O–H groups in total. The van der Waals surface area contributed by atoms with E-state index in [1.54, 1.807) is 0 Å². The second kappa shape index (κ2) is 6.60. The van der Waals surface area contributed by atoms with Gasteiger partial charge in [0, 0.05) is 5.41 Å². The number of aromatic hydroxyl groups is 1. The zero-order valence-electron chi connectivity index (χ0n) is 16.6. The lowest BCUT2D eigenvalue weighted by molar-refractivity contribution is -0.154. The Morgan fingerprint density at radius 3 is 2.54 bits per heavy atom. The lowest BCUT2D eigenvalue weighted by Gasteiger charge is -2.55. The van der Waals surface area contributed by atoms with Crippen molar-refractivity contribution in [2.24, 2.45) is 29.1 Å². The SMILES string of the molecule is CC12CCC3c4cc(C=O)c(O)cc4CCC3C1C1CCC(CC1)C2OC=O. The van der Waals surface area contributed by atoms with Gasteiger partial charge in [0.05, 0.1) is 5.56 Å². The first kappa shape index (κ1) is 18.2. The highest BCUT2D eigenvalue weighted by molar-refractivity contribution is 5.80. The van der Waals surface area contributed by atoms with Gasteiger partial charge in [-0.3, -0.25) is 9.59 Å². The Kier molecular flexibility index (Phi) is 4.29. The highest BCUT2D eigenvalue weighted by atomic mass is 16.5. The monoisotopic (exact) mass is 382 g/mol. The smallest absolute Gasteiger partial charge is 0.293 e. The number of benzene rings is 1. The molecule has 28 heavy (non-hydrogen) atoms. The van der Waals surface area contributed by atoms with Crippen molar-refractivity contribution in [1.29, 1.82) is 0 Å². The molecule has 4 heteroatoms. The number of phenols is 1. The minimum Gasteiger partial charge on any atom is -0.507 e. The molecule has 5 aliphatic carbocycles. The fourth-order valence-corrected chi connectivity index (χ4v) is 7.89. The van der Waals surface area contributed by atoms with Crippen molar-refractivity contribution in [3.63, 3.8) is 0 Å². The molecule has 1 aromatic carbocycles. The first-order chi connectivity index (χ1) is 13.6. The van der Waals surface area contributed by atoms with Crippen LogP contribution in [0.4, 0.5) is 0 Å². The summed E-state index contributed by atoms with van der Waals surface area (Å²) in [6, 6.07) is 3.77. The van der Waals surface area contributed by atoms with Gasteiger partial charge in [-0.15, -0.1) is 0 Å². The molecule has 0 aromatic heterocycles. The van der Waals surface area contributed by atoms with E-state index in [1.165, 1.54) is 36.8 Å². The lowest BCUT2D eigenvalue weighted by atomic mass is 9.50. The Hall–Kier alpha value is -1.84. The second-order valence-electron chi connectivity index (χ2n) is 9.93. The second-order valence-corrected chi connectivity index (χ2v) is 9.93. The fourth-order valence-electron chi connectivity index (χ4n) is 7.89. The van der Waals surface area contributed by atoms with Crippen LogP contribution in [-0.4, -0.2) is 24.0 Å². The molecule has 1 aromatic rings. The third kappa shape index (κ3) is 2.49. The minimum atomic E-state index is 0.0511. The van der Waals surface area contributed by atoms with Crippen molar-refractivity contribution in [3.8, 4) is 5.75 Å².